The number of aromatic hydroxyl groups is 1. The Morgan fingerprint density at radius 3 is 2.45 bits per heavy atom. The standard InChI is InChI=1S/C22H25N5O2/c1-14-8-15(2)13-27(12-14)20-5-4-18(25-26-20)22-19(28)9-17(11-24-22)16-6-7-23-21(10-16)29-3/h4-7,9-11,14-15,28H,8,12-13H2,1-3H3/t14-,15+. The van der Waals surface area contributed by atoms with Crippen molar-refractivity contribution >= 4 is 5.82 Å². The second-order valence-electron chi connectivity index (χ2n) is 7.81. The van der Waals surface area contributed by atoms with Crippen molar-refractivity contribution in [3.63, 3.8) is 0 Å². The second kappa shape index (κ2) is 8.03. The van der Waals surface area contributed by atoms with Crippen molar-refractivity contribution in [1.29, 1.82) is 0 Å². The number of methoxy groups -OCH3 is 1. The van der Waals surface area contributed by atoms with Crippen molar-refractivity contribution in [3.05, 3.63) is 42.7 Å². The SMILES string of the molecule is COc1cc(-c2cnc(-c3ccc(N4C[C@H](C)C[C@H](C)C4)nn3)c(O)c2)ccn1. The summed E-state index contributed by atoms with van der Waals surface area (Å²) in [5.74, 6) is 2.72. The monoisotopic (exact) mass is 391 g/mol. The molecule has 1 saturated heterocycles. The number of ether oxygens (including phenoxy) is 1. The zero-order chi connectivity index (χ0) is 20.4. The summed E-state index contributed by atoms with van der Waals surface area (Å²) in [6.45, 7) is 6.52. The lowest BCUT2D eigenvalue weighted by molar-refractivity contribution is 0.355. The molecule has 3 aromatic heterocycles. The summed E-state index contributed by atoms with van der Waals surface area (Å²) >= 11 is 0. The molecule has 29 heavy (non-hydrogen) atoms. The molecule has 4 rings (SSSR count). The van der Waals surface area contributed by atoms with Crippen LogP contribution in [0.25, 0.3) is 22.5 Å². The van der Waals surface area contributed by atoms with Gasteiger partial charge in [0.1, 0.15) is 17.1 Å². The zero-order valence-electron chi connectivity index (χ0n) is 16.9. The van der Waals surface area contributed by atoms with E-state index >= 15 is 0 Å². The van der Waals surface area contributed by atoms with E-state index in [0.717, 1.165) is 30.0 Å². The Balaban J connectivity index is 1.57. The van der Waals surface area contributed by atoms with E-state index < -0.39 is 0 Å². The fraction of sp³-hybridized carbons (Fsp3) is 0.364. The highest BCUT2D eigenvalue weighted by Crippen LogP contribution is 2.31. The predicted octanol–water partition coefficient (Wildman–Crippen LogP) is 3.80. The number of hydrogen-bond donors (Lipinski definition) is 1. The normalized spacial score (nSPS) is 19.2. The Morgan fingerprint density at radius 2 is 1.79 bits per heavy atom. The van der Waals surface area contributed by atoms with Crippen LogP contribution in [-0.2, 0) is 0 Å². The summed E-state index contributed by atoms with van der Waals surface area (Å²) in [6, 6.07) is 9.12. The maximum Gasteiger partial charge on any atom is 0.213 e. The van der Waals surface area contributed by atoms with Crippen LogP contribution in [0.2, 0.25) is 0 Å². The largest absolute Gasteiger partial charge is 0.506 e. The number of nitrogens with zero attached hydrogens (tertiary/aromatic N) is 5. The minimum atomic E-state index is 0.0561. The molecule has 1 N–H and O–H groups in total. The van der Waals surface area contributed by atoms with E-state index in [1.807, 2.05) is 18.2 Å². The number of hydrogen-bond acceptors (Lipinski definition) is 7. The molecule has 0 amide bonds. The quantitative estimate of drug-likeness (QED) is 0.724. The molecule has 0 bridgehead atoms. The lowest BCUT2D eigenvalue weighted by atomic mass is 9.92. The zero-order valence-corrected chi connectivity index (χ0v) is 16.9. The third kappa shape index (κ3) is 4.13. The van der Waals surface area contributed by atoms with E-state index in [1.165, 1.54) is 6.42 Å². The van der Waals surface area contributed by atoms with Gasteiger partial charge in [-0.05, 0) is 48.1 Å². The highest BCUT2D eigenvalue weighted by atomic mass is 16.5. The van der Waals surface area contributed by atoms with Crippen molar-refractivity contribution in [3.8, 4) is 34.1 Å². The van der Waals surface area contributed by atoms with Crippen LogP contribution >= 0.6 is 0 Å². The third-order valence-corrected chi connectivity index (χ3v) is 5.23. The predicted molar refractivity (Wildman–Crippen MR) is 112 cm³/mol. The van der Waals surface area contributed by atoms with Crippen LogP contribution in [0.15, 0.2) is 42.7 Å². The van der Waals surface area contributed by atoms with Gasteiger partial charge in [0.25, 0.3) is 0 Å². The van der Waals surface area contributed by atoms with E-state index in [1.54, 1.807) is 31.6 Å². The first-order valence-electron chi connectivity index (χ1n) is 9.82. The lowest BCUT2D eigenvalue weighted by Gasteiger charge is -2.35. The van der Waals surface area contributed by atoms with E-state index in [9.17, 15) is 5.11 Å². The summed E-state index contributed by atoms with van der Waals surface area (Å²) in [4.78, 5) is 10.8. The number of anilines is 1. The van der Waals surface area contributed by atoms with Crippen LogP contribution < -0.4 is 9.64 Å². The van der Waals surface area contributed by atoms with Crippen molar-refractivity contribution in [2.45, 2.75) is 20.3 Å². The Hall–Kier alpha value is -3.22. The van der Waals surface area contributed by atoms with E-state index in [4.69, 9.17) is 4.74 Å². The summed E-state index contributed by atoms with van der Waals surface area (Å²) in [5.41, 5.74) is 2.59. The average molecular weight is 391 g/mol. The molecule has 4 heterocycles. The minimum absolute atomic E-state index is 0.0561. The first kappa shape index (κ1) is 19.1. The van der Waals surface area contributed by atoms with Gasteiger partial charge < -0.3 is 14.7 Å². The fourth-order valence-electron chi connectivity index (χ4n) is 3.98. The van der Waals surface area contributed by atoms with E-state index in [-0.39, 0.29) is 5.75 Å². The number of aromatic nitrogens is 4. The number of pyridine rings is 2. The molecule has 1 aliphatic heterocycles. The molecule has 2 atom stereocenters. The van der Waals surface area contributed by atoms with Gasteiger partial charge in [-0.1, -0.05) is 13.8 Å². The molecule has 1 fully saturated rings. The van der Waals surface area contributed by atoms with Gasteiger partial charge in [-0.3, -0.25) is 0 Å². The van der Waals surface area contributed by atoms with Gasteiger partial charge in [-0.15, -0.1) is 10.2 Å². The first-order valence-corrected chi connectivity index (χ1v) is 9.82. The van der Waals surface area contributed by atoms with Gasteiger partial charge in [0.15, 0.2) is 5.82 Å². The summed E-state index contributed by atoms with van der Waals surface area (Å²) in [5, 5.41) is 19.2. The summed E-state index contributed by atoms with van der Waals surface area (Å²) < 4.78 is 5.16. The van der Waals surface area contributed by atoms with Gasteiger partial charge in [-0.25, -0.2) is 9.97 Å². The smallest absolute Gasteiger partial charge is 0.213 e. The van der Waals surface area contributed by atoms with Crippen molar-refractivity contribution in [2.75, 3.05) is 25.1 Å². The molecule has 1 aliphatic rings. The summed E-state index contributed by atoms with van der Waals surface area (Å²) in [7, 11) is 1.57. The van der Waals surface area contributed by atoms with Crippen LogP contribution in [0.3, 0.4) is 0 Å². The van der Waals surface area contributed by atoms with Crippen molar-refractivity contribution in [2.24, 2.45) is 11.8 Å². The molecule has 0 aliphatic carbocycles. The number of rotatable bonds is 4. The molecular weight excluding hydrogens is 366 g/mol. The van der Waals surface area contributed by atoms with Gasteiger partial charge in [0.2, 0.25) is 5.88 Å². The van der Waals surface area contributed by atoms with Crippen molar-refractivity contribution < 1.29 is 9.84 Å². The highest BCUT2D eigenvalue weighted by molar-refractivity contribution is 5.71. The van der Waals surface area contributed by atoms with Gasteiger partial charge >= 0.3 is 0 Å². The molecule has 0 spiro atoms. The summed E-state index contributed by atoms with van der Waals surface area (Å²) in [6.07, 6.45) is 4.61. The van der Waals surface area contributed by atoms with Crippen molar-refractivity contribution in [1.82, 2.24) is 20.2 Å². The Bertz CT molecular complexity index is 983. The average Bonchev–Trinajstić information content (AvgIpc) is 2.73. The lowest BCUT2D eigenvalue weighted by Crippen LogP contribution is -2.39. The maximum absolute atomic E-state index is 10.5. The molecule has 7 nitrogen and oxygen atoms in total. The molecule has 0 saturated carbocycles. The molecule has 0 unspecified atom stereocenters. The highest BCUT2D eigenvalue weighted by Gasteiger charge is 2.23. The molecule has 0 aromatic carbocycles. The topological polar surface area (TPSA) is 84.3 Å². The van der Waals surface area contributed by atoms with Crippen LogP contribution in [0.5, 0.6) is 11.6 Å². The molecular formula is C22H25N5O2. The van der Waals surface area contributed by atoms with Crippen LogP contribution in [-0.4, -0.2) is 45.5 Å². The van der Waals surface area contributed by atoms with E-state index in [0.29, 0.717) is 29.1 Å². The van der Waals surface area contributed by atoms with Gasteiger partial charge in [0, 0.05) is 37.1 Å². The van der Waals surface area contributed by atoms with Crippen LogP contribution in [0.1, 0.15) is 20.3 Å². The Kier molecular flexibility index (Phi) is 5.29. The Labute approximate surface area is 170 Å². The molecule has 3 aromatic rings. The number of piperidine rings is 1. The van der Waals surface area contributed by atoms with Crippen LogP contribution in [0.4, 0.5) is 5.82 Å². The molecule has 150 valence electrons. The Morgan fingerprint density at radius 1 is 1.00 bits per heavy atom. The van der Waals surface area contributed by atoms with Gasteiger partial charge in [-0.2, -0.15) is 0 Å². The minimum Gasteiger partial charge on any atom is -0.506 e. The van der Waals surface area contributed by atoms with E-state index in [2.05, 4.69) is 38.9 Å². The molecule has 0 radical (unpaired) electrons. The third-order valence-electron chi connectivity index (χ3n) is 5.23. The van der Waals surface area contributed by atoms with Crippen LogP contribution in [0, 0.1) is 11.8 Å². The fourth-order valence-corrected chi connectivity index (χ4v) is 3.98. The van der Waals surface area contributed by atoms with Gasteiger partial charge in [0.05, 0.1) is 7.11 Å². The molecule has 7 heteroatoms. The first-order chi connectivity index (χ1) is 14.0. The maximum atomic E-state index is 10.5. The second-order valence-corrected chi connectivity index (χ2v) is 7.81.